The Kier molecular flexibility index (Phi) is 8.00. The van der Waals surface area contributed by atoms with E-state index in [-0.39, 0.29) is 6.61 Å². The lowest BCUT2D eigenvalue weighted by Crippen LogP contribution is -2.09. The van der Waals surface area contributed by atoms with Gasteiger partial charge in [-0.15, -0.1) is 0 Å². The Morgan fingerprint density at radius 1 is 1.17 bits per heavy atom. The molecule has 0 aliphatic carbocycles. The van der Waals surface area contributed by atoms with Crippen molar-refractivity contribution in [1.82, 2.24) is 0 Å². The van der Waals surface area contributed by atoms with Crippen LogP contribution in [0.1, 0.15) is 12.0 Å². The molecule has 0 atom stereocenters. The normalized spacial score (nSPS) is 10.6. The van der Waals surface area contributed by atoms with Crippen LogP contribution < -0.4 is 4.74 Å². The van der Waals surface area contributed by atoms with Crippen molar-refractivity contribution < 1.29 is 19.3 Å². The molecule has 102 valence electrons. The molecule has 5 heteroatoms. The summed E-state index contributed by atoms with van der Waals surface area (Å²) in [6.07, 6.45) is 0.882. The Hall–Kier alpha value is -0.620. The molecule has 0 saturated heterocycles. The van der Waals surface area contributed by atoms with Gasteiger partial charge in [0.15, 0.2) is 0 Å². The molecule has 0 radical (unpaired) electrons. The largest absolute Gasteiger partial charge is 0.490 e. The summed E-state index contributed by atoms with van der Waals surface area (Å²) in [5.74, 6) is 0.681. The Labute approximate surface area is 116 Å². The number of rotatable bonds is 9. The van der Waals surface area contributed by atoms with Gasteiger partial charge in [-0.2, -0.15) is 0 Å². The second-order valence-corrected chi connectivity index (χ2v) is 4.55. The van der Waals surface area contributed by atoms with E-state index in [1.165, 1.54) is 0 Å². The standard InChI is InChI=1S/C13H19BrO4/c1-16-6-3-7-17-8-9-18-13-11(10-15)4-2-5-12(13)14/h2,4-5,15H,3,6-10H2,1H3. The van der Waals surface area contributed by atoms with Gasteiger partial charge in [0.05, 0.1) is 17.7 Å². The first kappa shape index (κ1) is 15.4. The van der Waals surface area contributed by atoms with Gasteiger partial charge in [-0.1, -0.05) is 12.1 Å². The molecular weight excluding hydrogens is 300 g/mol. The van der Waals surface area contributed by atoms with E-state index in [2.05, 4.69) is 15.9 Å². The fourth-order valence-corrected chi connectivity index (χ4v) is 1.97. The highest BCUT2D eigenvalue weighted by molar-refractivity contribution is 9.10. The highest BCUT2D eigenvalue weighted by Gasteiger charge is 2.06. The van der Waals surface area contributed by atoms with Gasteiger partial charge in [-0.25, -0.2) is 0 Å². The molecule has 4 nitrogen and oxygen atoms in total. The summed E-state index contributed by atoms with van der Waals surface area (Å²) in [5, 5.41) is 9.20. The van der Waals surface area contributed by atoms with Crippen molar-refractivity contribution >= 4 is 15.9 Å². The number of aliphatic hydroxyl groups excluding tert-OH is 1. The average Bonchev–Trinajstić information content (AvgIpc) is 2.39. The molecule has 0 aliphatic rings. The van der Waals surface area contributed by atoms with Crippen LogP contribution in [0, 0.1) is 0 Å². The van der Waals surface area contributed by atoms with Crippen molar-refractivity contribution in [2.45, 2.75) is 13.0 Å². The Morgan fingerprint density at radius 3 is 2.72 bits per heavy atom. The topological polar surface area (TPSA) is 47.9 Å². The van der Waals surface area contributed by atoms with Crippen molar-refractivity contribution in [1.29, 1.82) is 0 Å². The number of hydrogen-bond acceptors (Lipinski definition) is 4. The van der Waals surface area contributed by atoms with E-state index in [4.69, 9.17) is 14.2 Å². The van der Waals surface area contributed by atoms with Gasteiger partial charge < -0.3 is 19.3 Å². The number of aliphatic hydroxyl groups is 1. The lowest BCUT2D eigenvalue weighted by atomic mass is 10.2. The monoisotopic (exact) mass is 318 g/mol. The van der Waals surface area contributed by atoms with Crippen molar-refractivity contribution in [3.8, 4) is 5.75 Å². The Bertz CT molecular complexity index is 344. The third-order valence-electron chi connectivity index (χ3n) is 2.33. The first-order valence-electron chi connectivity index (χ1n) is 5.87. The van der Waals surface area contributed by atoms with Crippen LogP contribution >= 0.6 is 15.9 Å². The summed E-state index contributed by atoms with van der Waals surface area (Å²) >= 11 is 3.40. The summed E-state index contributed by atoms with van der Waals surface area (Å²) in [4.78, 5) is 0. The van der Waals surface area contributed by atoms with Crippen LogP contribution in [0.3, 0.4) is 0 Å². The minimum atomic E-state index is -0.0382. The summed E-state index contributed by atoms with van der Waals surface area (Å²) in [5.41, 5.74) is 0.767. The van der Waals surface area contributed by atoms with Crippen LogP contribution in [-0.2, 0) is 16.1 Å². The second kappa shape index (κ2) is 9.33. The van der Waals surface area contributed by atoms with Crippen LogP contribution in [0.25, 0.3) is 0 Å². The van der Waals surface area contributed by atoms with E-state index in [9.17, 15) is 5.11 Å². The SMILES string of the molecule is COCCCOCCOc1c(Br)cccc1CO. The number of methoxy groups -OCH3 is 1. The smallest absolute Gasteiger partial charge is 0.139 e. The molecule has 0 unspecified atom stereocenters. The molecule has 1 aromatic rings. The zero-order chi connectivity index (χ0) is 13.2. The highest BCUT2D eigenvalue weighted by Crippen LogP contribution is 2.28. The minimum absolute atomic E-state index is 0.0382. The molecule has 18 heavy (non-hydrogen) atoms. The summed E-state index contributed by atoms with van der Waals surface area (Å²) in [6.45, 7) is 2.32. The maximum absolute atomic E-state index is 9.20. The van der Waals surface area contributed by atoms with E-state index < -0.39 is 0 Å². The van der Waals surface area contributed by atoms with Gasteiger partial charge in [-0.3, -0.25) is 0 Å². The molecule has 0 bridgehead atoms. The van der Waals surface area contributed by atoms with Gasteiger partial charge in [0.25, 0.3) is 0 Å². The van der Waals surface area contributed by atoms with Crippen LogP contribution in [0.15, 0.2) is 22.7 Å². The Balaban J connectivity index is 2.26. The van der Waals surface area contributed by atoms with Gasteiger partial charge in [0.2, 0.25) is 0 Å². The number of hydrogen-bond donors (Lipinski definition) is 1. The minimum Gasteiger partial charge on any atom is -0.490 e. The van der Waals surface area contributed by atoms with Gasteiger partial charge in [0, 0.05) is 25.9 Å². The summed E-state index contributed by atoms with van der Waals surface area (Å²) in [6, 6.07) is 5.58. The lowest BCUT2D eigenvalue weighted by Gasteiger charge is -2.12. The first-order valence-corrected chi connectivity index (χ1v) is 6.66. The fourth-order valence-electron chi connectivity index (χ4n) is 1.45. The number of halogens is 1. The predicted molar refractivity (Wildman–Crippen MR) is 72.9 cm³/mol. The first-order chi connectivity index (χ1) is 8.79. The molecule has 0 aromatic heterocycles. The molecule has 0 spiro atoms. The maximum Gasteiger partial charge on any atom is 0.139 e. The second-order valence-electron chi connectivity index (χ2n) is 3.69. The van der Waals surface area contributed by atoms with Crippen LogP contribution in [0.5, 0.6) is 5.75 Å². The zero-order valence-electron chi connectivity index (χ0n) is 10.5. The van der Waals surface area contributed by atoms with Gasteiger partial charge in [0.1, 0.15) is 12.4 Å². The third-order valence-corrected chi connectivity index (χ3v) is 2.95. The molecule has 0 heterocycles. The maximum atomic E-state index is 9.20. The Morgan fingerprint density at radius 2 is 2.00 bits per heavy atom. The van der Waals surface area contributed by atoms with E-state index in [1.807, 2.05) is 18.2 Å². The van der Waals surface area contributed by atoms with Crippen LogP contribution in [-0.4, -0.2) is 38.6 Å². The number of para-hydroxylation sites is 1. The molecular formula is C13H19BrO4. The predicted octanol–water partition coefficient (Wildman–Crippen LogP) is 2.37. The van der Waals surface area contributed by atoms with Crippen molar-refractivity contribution in [2.24, 2.45) is 0 Å². The van der Waals surface area contributed by atoms with Crippen molar-refractivity contribution in [2.75, 3.05) is 33.5 Å². The summed E-state index contributed by atoms with van der Waals surface area (Å²) in [7, 11) is 1.67. The summed E-state index contributed by atoms with van der Waals surface area (Å²) < 4.78 is 16.7. The number of benzene rings is 1. The average molecular weight is 319 g/mol. The fraction of sp³-hybridized carbons (Fsp3) is 0.538. The van der Waals surface area contributed by atoms with E-state index >= 15 is 0 Å². The molecule has 0 aliphatic heterocycles. The van der Waals surface area contributed by atoms with Crippen LogP contribution in [0.4, 0.5) is 0 Å². The lowest BCUT2D eigenvalue weighted by molar-refractivity contribution is 0.0798. The zero-order valence-corrected chi connectivity index (χ0v) is 12.1. The van der Waals surface area contributed by atoms with Gasteiger partial charge >= 0.3 is 0 Å². The van der Waals surface area contributed by atoms with E-state index in [0.29, 0.717) is 32.2 Å². The van der Waals surface area contributed by atoms with Crippen molar-refractivity contribution in [3.05, 3.63) is 28.2 Å². The van der Waals surface area contributed by atoms with Gasteiger partial charge in [-0.05, 0) is 28.4 Å². The molecule has 0 amide bonds. The number of ether oxygens (including phenoxy) is 3. The molecule has 1 rings (SSSR count). The van der Waals surface area contributed by atoms with E-state index in [1.54, 1.807) is 7.11 Å². The third kappa shape index (κ3) is 5.35. The van der Waals surface area contributed by atoms with Crippen LogP contribution in [0.2, 0.25) is 0 Å². The quantitative estimate of drug-likeness (QED) is 0.710. The highest BCUT2D eigenvalue weighted by atomic mass is 79.9. The van der Waals surface area contributed by atoms with E-state index in [0.717, 1.165) is 16.5 Å². The molecule has 0 fully saturated rings. The van der Waals surface area contributed by atoms with Crippen molar-refractivity contribution in [3.63, 3.8) is 0 Å². The molecule has 1 aromatic carbocycles. The molecule has 0 saturated carbocycles. The molecule has 1 N–H and O–H groups in total.